The van der Waals surface area contributed by atoms with Crippen molar-refractivity contribution in [3.05, 3.63) is 16.8 Å². The molecule has 0 fully saturated rings. The zero-order chi connectivity index (χ0) is 16.8. The van der Waals surface area contributed by atoms with Crippen LogP contribution in [0.25, 0.3) is 10.2 Å². The summed E-state index contributed by atoms with van der Waals surface area (Å²) in [6.07, 6.45) is 14.3. The molecule has 1 aliphatic carbocycles. The molecule has 2 aromatic heterocycles. The quantitative estimate of drug-likeness (QED) is 0.844. The van der Waals surface area contributed by atoms with E-state index in [4.69, 9.17) is 0 Å². The molecule has 0 saturated heterocycles. The van der Waals surface area contributed by atoms with Gasteiger partial charge in [0.15, 0.2) is 0 Å². The van der Waals surface area contributed by atoms with Crippen molar-refractivity contribution < 1.29 is 5.11 Å². The molecule has 132 valence electrons. The van der Waals surface area contributed by atoms with Gasteiger partial charge in [0.2, 0.25) is 0 Å². The molecular weight excluding hydrogens is 318 g/mol. The van der Waals surface area contributed by atoms with E-state index in [1.54, 1.807) is 13.3 Å². The standard InChI is InChI=1S/C19H29N3OS/c1-14(23)12-20-18-17-15-10-8-6-4-2-3-5-7-9-11-16(15)24-19(17)22-13-21-18/h13-14,23H,2-12H2,1H3,(H,20,21,22)/t14-/m0/s1. The van der Waals surface area contributed by atoms with Crippen molar-refractivity contribution in [3.8, 4) is 0 Å². The minimum Gasteiger partial charge on any atom is -0.392 e. The second kappa shape index (κ2) is 8.77. The van der Waals surface area contributed by atoms with Crippen molar-refractivity contribution in [1.29, 1.82) is 0 Å². The predicted octanol–water partition coefficient (Wildman–Crippen LogP) is 4.70. The van der Waals surface area contributed by atoms with Gasteiger partial charge >= 0.3 is 0 Å². The van der Waals surface area contributed by atoms with E-state index < -0.39 is 0 Å². The molecule has 0 bridgehead atoms. The van der Waals surface area contributed by atoms with Gasteiger partial charge in [0.1, 0.15) is 17.0 Å². The van der Waals surface area contributed by atoms with E-state index in [0.717, 1.165) is 17.1 Å². The number of aliphatic hydroxyl groups is 1. The lowest BCUT2D eigenvalue weighted by Crippen LogP contribution is -2.16. The first-order valence-electron chi connectivity index (χ1n) is 9.43. The Morgan fingerprint density at radius 3 is 2.42 bits per heavy atom. The molecular formula is C19H29N3OS. The maximum Gasteiger partial charge on any atom is 0.138 e. The molecule has 0 spiro atoms. The van der Waals surface area contributed by atoms with E-state index in [-0.39, 0.29) is 6.10 Å². The van der Waals surface area contributed by atoms with Crippen LogP contribution in [0.5, 0.6) is 0 Å². The minimum absolute atomic E-state index is 0.380. The molecule has 3 rings (SSSR count). The van der Waals surface area contributed by atoms with Gasteiger partial charge in [0.25, 0.3) is 0 Å². The number of fused-ring (bicyclic) bond motifs is 3. The molecule has 0 unspecified atom stereocenters. The number of nitrogens with zero attached hydrogens (tertiary/aromatic N) is 2. The van der Waals surface area contributed by atoms with Crippen LogP contribution in [0, 0.1) is 0 Å². The molecule has 1 aliphatic rings. The van der Waals surface area contributed by atoms with Crippen molar-refractivity contribution in [2.75, 3.05) is 11.9 Å². The van der Waals surface area contributed by atoms with Gasteiger partial charge in [-0.1, -0.05) is 38.5 Å². The van der Waals surface area contributed by atoms with Crippen LogP contribution < -0.4 is 5.32 Å². The lowest BCUT2D eigenvalue weighted by atomic mass is 9.98. The lowest BCUT2D eigenvalue weighted by Gasteiger charge is -2.11. The summed E-state index contributed by atoms with van der Waals surface area (Å²) in [5.41, 5.74) is 1.46. The molecule has 0 amide bonds. The smallest absolute Gasteiger partial charge is 0.138 e. The molecule has 0 saturated carbocycles. The van der Waals surface area contributed by atoms with Crippen LogP contribution in [0.15, 0.2) is 6.33 Å². The van der Waals surface area contributed by atoms with Crippen molar-refractivity contribution in [2.24, 2.45) is 0 Å². The molecule has 4 nitrogen and oxygen atoms in total. The zero-order valence-electron chi connectivity index (χ0n) is 14.7. The van der Waals surface area contributed by atoms with Crippen LogP contribution in [0.4, 0.5) is 5.82 Å². The summed E-state index contributed by atoms with van der Waals surface area (Å²) < 4.78 is 0. The summed E-state index contributed by atoms with van der Waals surface area (Å²) in [5.74, 6) is 0.894. The number of thiophene rings is 1. The van der Waals surface area contributed by atoms with Gasteiger partial charge in [-0.3, -0.25) is 0 Å². The SMILES string of the molecule is C[C@H](O)CNc1ncnc2sc3c(c12)CCCCCCCCCC3. The Hall–Kier alpha value is -1.20. The summed E-state index contributed by atoms with van der Waals surface area (Å²) in [5, 5.41) is 14.1. The second-order valence-corrected chi connectivity index (χ2v) is 8.05. The maximum atomic E-state index is 9.58. The van der Waals surface area contributed by atoms with Crippen molar-refractivity contribution in [1.82, 2.24) is 9.97 Å². The first-order valence-corrected chi connectivity index (χ1v) is 10.2. The molecule has 24 heavy (non-hydrogen) atoms. The van der Waals surface area contributed by atoms with Crippen molar-refractivity contribution in [3.63, 3.8) is 0 Å². The lowest BCUT2D eigenvalue weighted by molar-refractivity contribution is 0.208. The Bertz CT molecular complexity index is 653. The molecule has 0 aliphatic heterocycles. The number of aliphatic hydroxyl groups excluding tert-OH is 1. The zero-order valence-corrected chi connectivity index (χ0v) is 15.5. The molecule has 2 heterocycles. The number of rotatable bonds is 3. The Kier molecular flexibility index (Phi) is 6.44. The topological polar surface area (TPSA) is 58.0 Å². The van der Waals surface area contributed by atoms with Crippen LogP contribution in [-0.2, 0) is 12.8 Å². The fraction of sp³-hybridized carbons (Fsp3) is 0.684. The Labute approximate surface area is 148 Å². The van der Waals surface area contributed by atoms with Crippen LogP contribution in [0.3, 0.4) is 0 Å². The highest BCUT2D eigenvalue weighted by atomic mass is 32.1. The summed E-state index contributed by atoms with van der Waals surface area (Å²) in [6, 6.07) is 0. The summed E-state index contributed by atoms with van der Waals surface area (Å²) in [6.45, 7) is 2.32. The largest absolute Gasteiger partial charge is 0.392 e. The monoisotopic (exact) mass is 347 g/mol. The highest BCUT2D eigenvalue weighted by molar-refractivity contribution is 7.18. The number of nitrogens with one attached hydrogen (secondary N) is 1. The van der Waals surface area contributed by atoms with E-state index in [1.165, 1.54) is 73.6 Å². The van der Waals surface area contributed by atoms with Gasteiger partial charge in [-0.15, -0.1) is 11.3 Å². The summed E-state index contributed by atoms with van der Waals surface area (Å²) >= 11 is 1.85. The van der Waals surface area contributed by atoms with Crippen LogP contribution in [-0.4, -0.2) is 27.7 Å². The third kappa shape index (κ3) is 4.45. The van der Waals surface area contributed by atoms with E-state index in [9.17, 15) is 5.11 Å². The van der Waals surface area contributed by atoms with Crippen LogP contribution in [0.1, 0.15) is 68.7 Å². The van der Waals surface area contributed by atoms with Gasteiger partial charge < -0.3 is 10.4 Å². The fourth-order valence-corrected chi connectivity index (χ4v) is 4.76. The predicted molar refractivity (Wildman–Crippen MR) is 102 cm³/mol. The Morgan fingerprint density at radius 1 is 1.04 bits per heavy atom. The third-order valence-corrected chi connectivity index (χ3v) is 6.02. The minimum atomic E-state index is -0.380. The molecule has 5 heteroatoms. The van der Waals surface area contributed by atoms with E-state index in [1.807, 2.05) is 11.3 Å². The summed E-state index contributed by atoms with van der Waals surface area (Å²) in [4.78, 5) is 11.6. The van der Waals surface area contributed by atoms with Crippen LogP contribution in [0.2, 0.25) is 0 Å². The van der Waals surface area contributed by atoms with Crippen molar-refractivity contribution >= 4 is 27.4 Å². The first kappa shape index (κ1) is 17.6. The fourth-order valence-electron chi connectivity index (χ4n) is 3.53. The number of aryl methyl sites for hydroxylation is 2. The van der Waals surface area contributed by atoms with Gasteiger partial charge in [-0.25, -0.2) is 9.97 Å². The first-order chi connectivity index (χ1) is 11.8. The Morgan fingerprint density at radius 2 is 1.71 bits per heavy atom. The molecule has 0 radical (unpaired) electrons. The second-order valence-electron chi connectivity index (χ2n) is 6.96. The average molecular weight is 348 g/mol. The van der Waals surface area contributed by atoms with E-state index in [0.29, 0.717) is 6.54 Å². The van der Waals surface area contributed by atoms with Crippen molar-refractivity contribution in [2.45, 2.75) is 77.2 Å². The van der Waals surface area contributed by atoms with Gasteiger partial charge in [0.05, 0.1) is 11.5 Å². The molecule has 0 aromatic carbocycles. The highest BCUT2D eigenvalue weighted by Crippen LogP contribution is 2.36. The van der Waals surface area contributed by atoms with Crippen LogP contribution >= 0.6 is 11.3 Å². The number of hydrogen-bond donors (Lipinski definition) is 2. The van der Waals surface area contributed by atoms with Gasteiger partial charge in [-0.2, -0.15) is 0 Å². The molecule has 1 atom stereocenters. The Balaban J connectivity index is 1.91. The summed E-state index contributed by atoms with van der Waals surface area (Å²) in [7, 11) is 0. The van der Waals surface area contributed by atoms with Gasteiger partial charge in [0, 0.05) is 11.4 Å². The normalized spacial score (nSPS) is 18.4. The third-order valence-electron chi connectivity index (χ3n) is 4.82. The number of anilines is 1. The molecule has 2 N–H and O–H groups in total. The average Bonchev–Trinajstić information content (AvgIpc) is 2.91. The number of aromatic nitrogens is 2. The number of hydrogen-bond acceptors (Lipinski definition) is 5. The van der Waals surface area contributed by atoms with Gasteiger partial charge in [-0.05, 0) is 38.2 Å². The molecule has 2 aromatic rings. The van der Waals surface area contributed by atoms with E-state index >= 15 is 0 Å². The highest BCUT2D eigenvalue weighted by Gasteiger charge is 2.17. The maximum absolute atomic E-state index is 9.58. The van der Waals surface area contributed by atoms with E-state index in [2.05, 4.69) is 15.3 Å².